The molecule has 1 amide bonds. The average Bonchev–Trinajstić information content (AvgIpc) is 3.61. The van der Waals surface area contributed by atoms with Gasteiger partial charge in [-0.15, -0.1) is 0 Å². The van der Waals surface area contributed by atoms with E-state index in [2.05, 4.69) is 41.6 Å². The number of nitrogens with two attached hydrogens (primary N) is 1. The number of amides is 1. The number of halogens is 1. The summed E-state index contributed by atoms with van der Waals surface area (Å²) >= 11 is 0. The number of hydrogen-bond acceptors (Lipinski definition) is 5. The number of benzene rings is 2. The molecule has 7 nitrogen and oxygen atoms in total. The molecular formula is C30H34FN5O2Si. The fourth-order valence-electron chi connectivity index (χ4n) is 4.95. The summed E-state index contributed by atoms with van der Waals surface area (Å²) in [7, 11) is 0.0718. The third-order valence-corrected chi connectivity index (χ3v) is 7.77. The predicted octanol–water partition coefficient (Wildman–Crippen LogP) is 5.63. The van der Waals surface area contributed by atoms with Crippen molar-refractivity contribution in [1.29, 1.82) is 0 Å². The number of nitrogen functional groups attached to an aromatic ring is 1. The van der Waals surface area contributed by atoms with Crippen molar-refractivity contribution in [3.63, 3.8) is 0 Å². The molecule has 2 N–H and O–H groups in total. The Morgan fingerprint density at radius 2 is 1.90 bits per heavy atom. The van der Waals surface area contributed by atoms with E-state index in [-0.39, 0.29) is 23.3 Å². The Balaban J connectivity index is 1.40. The molecule has 0 spiro atoms. The Kier molecular flexibility index (Phi) is 6.73. The van der Waals surface area contributed by atoms with E-state index in [1.807, 2.05) is 38.1 Å². The van der Waals surface area contributed by atoms with Gasteiger partial charge in [0.15, 0.2) is 8.32 Å². The van der Waals surface area contributed by atoms with Crippen LogP contribution >= 0.6 is 0 Å². The molecule has 5 rings (SSSR count). The Labute approximate surface area is 229 Å². The lowest BCUT2D eigenvalue weighted by Crippen LogP contribution is -2.37. The maximum Gasteiger partial charge on any atom is 0.257 e. The fraction of sp³-hybridized carbons (Fsp3) is 0.367. The summed E-state index contributed by atoms with van der Waals surface area (Å²) in [5, 5.41) is 5.59. The second-order valence-corrected chi connectivity index (χ2v) is 16.1. The summed E-state index contributed by atoms with van der Waals surface area (Å²) in [6.07, 6.45) is 3.44. The van der Waals surface area contributed by atoms with E-state index in [1.165, 1.54) is 6.07 Å². The van der Waals surface area contributed by atoms with Gasteiger partial charge >= 0.3 is 0 Å². The molecule has 0 aliphatic heterocycles. The molecule has 202 valence electrons. The first kappa shape index (κ1) is 26.8. The highest BCUT2D eigenvalue weighted by Gasteiger charge is 2.34. The van der Waals surface area contributed by atoms with Crippen LogP contribution < -0.4 is 5.73 Å². The van der Waals surface area contributed by atoms with Crippen LogP contribution in [-0.2, 0) is 18.0 Å². The SMILES string of the molecule is Cn1ncc2c(N)nc3cc(F)c(C(=O)N(Cc4ccc(C#CC(C)(C)O[Si](C)(C)C)cc4)C4CC4)cc3c21. The Morgan fingerprint density at radius 3 is 2.54 bits per heavy atom. The first-order valence-corrected chi connectivity index (χ1v) is 16.6. The van der Waals surface area contributed by atoms with Crippen LogP contribution in [0.1, 0.15) is 48.2 Å². The average molecular weight is 544 g/mol. The number of carbonyl (C=O) groups excluding carboxylic acids is 1. The lowest BCUT2D eigenvalue weighted by Gasteiger charge is -2.28. The maximum atomic E-state index is 15.3. The number of nitrogens with zero attached hydrogens (tertiary/aromatic N) is 4. The normalized spacial score (nSPS) is 13.9. The van der Waals surface area contributed by atoms with Gasteiger partial charge in [-0.2, -0.15) is 5.10 Å². The van der Waals surface area contributed by atoms with Crippen LogP contribution in [0.5, 0.6) is 0 Å². The third-order valence-electron chi connectivity index (χ3n) is 6.65. The number of fused-ring (bicyclic) bond motifs is 3. The van der Waals surface area contributed by atoms with Gasteiger partial charge in [0.25, 0.3) is 5.91 Å². The summed E-state index contributed by atoms with van der Waals surface area (Å²) < 4.78 is 23.1. The number of anilines is 1. The number of aromatic nitrogens is 3. The standard InChI is InChI=1S/C30H34FN5O2Si/c1-30(2,38-39(4,5)6)14-13-19-7-9-20(10-8-19)18-36(21-11-12-21)29(37)22-15-23-26(16-25(22)31)34-28(32)24-17-33-35(3)27(23)24/h7-10,15-17,21H,11-12,18H2,1-6H3,(H2,32,34). The van der Waals surface area contributed by atoms with Crippen molar-refractivity contribution < 1.29 is 13.6 Å². The van der Waals surface area contributed by atoms with Crippen LogP contribution in [0.4, 0.5) is 10.2 Å². The fourth-order valence-corrected chi connectivity index (χ4v) is 6.54. The second kappa shape index (κ2) is 9.78. The molecule has 1 aliphatic rings. The molecule has 39 heavy (non-hydrogen) atoms. The highest BCUT2D eigenvalue weighted by molar-refractivity contribution is 6.69. The molecule has 0 atom stereocenters. The summed E-state index contributed by atoms with van der Waals surface area (Å²) in [4.78, 5) is 19.8. The van der Waals surface area contributed by atoms with Crippen molar-refractivity contribution in [2.75, 3.05) is 5.73 Å². The van der Waals surface area contributed by atoms with Gasteiger partial charge in [0, 0.05) is 36.7 Å². The zero-order chi connectivity index (χ0) is 28.1. The monoisotopic (exact) mass is 543 g/mol. The number of pyridine rings is 1. The van der Waals surface area contributed by atoms with Gasteiger partial charge in [-0.05, 0) is 70.1 Å². The first-order valence-electron chi connectivity index (χ1n) is 13.1. The van der Waals surface area contributed by atoms with Crippen molar-refractivity contribution in [1.82, 2.24) is 19.7 Å². The summed E-state index contributed by atoms with van der Waals surface area (Å²) in [5.41, 5.74) is 8.52. The van der Waals surface area contributed by atoms with Crippen molar-refractivity contribution >= 4 is 41.8 Å². The van der Waals surface area contributed by atoms with Crippen molar-refractivity contribution in [2.45, 2.75) is 64.5 Å². The van der Waals surface area contributed by atoms with Crippen LogP contribution in [0.15, 0.2) is 42.6 Å². The molecule has 1 fully saturated rings. The zero-order valence-corrected chi connectivity index (χ0v) is 24.3. The van der Waals surface area contributed by atoms with Crippen molar-refractivity contribution in [2.24, 2.45) is 7.05 Å². The molecular weight excluding hydrogens is 509 g/mol. The van der Waals surface area contributed by atoms with Crippen LogP contribution in [0.25, 0.3) is 21.8 Å². The summed E-state index contributed by atoms with van der Waals surface area (Å²) in [5.74, 6) is 5.78. The number of rotatable bonds is 6. The highest BCUT2D eigenvalue weighted by Crippen LogP contribution is 2.33. The van der Waals surface area contributed by atoms with E-state index in [0.29, 0.717) is 22.8 Å². The lowest BCUT2D eigenvalue weighted by molar-refractivity contribution is 0.0725. The number of aryl methyl sites for hydroxylation is 1. The van der Waals surface area contributed by atoms with Crippen LogP contribution in [-0.4, -0.2) is 45.5 Å². The Hall–Kier alpha value is -3.74. The third kappa shape index (κ3) is 5.82. The minimum Gasteiger partial charge on any atom is -0.402 e. The van der Waals surface area contributed by atoms with Gasteiger partial charge in [-0.3, -0.25) is 9.48 Å². The largest absolute Gasteiger partial charge is 0.402 e. The molecule has 2 aromatic carbocycles. The van der Waals surface area contributed by atoms with E-state index < -0.39 is 19.7 Å². The first-order chi connectivity index (χ1) is 18.3. The summed E-state index contributed by atoms with van der Waals surface area (Å²) in [6, 6.07) is 10.8. The molecule has 2 heterocycles. The molecule has 0 unspecified atom stereocenters. The van der Waals surface area contributed by atoms with E-state index in [1.54, 1.807) is 28.9 Å². The molecule has 1 aliphatic carbocycles. The molecule has 9 heteroatoms. The Bertz CT molecular complexity index is 1640. The van der Waals surface area contributed by atoms with Gasteiger partial charge in [-0.1, -0.05) is 24.0 Å². The van der Waals surface area contributed by atoms with Crippen LogP contribution in [0, 0.1) is 17.7 Å². The molecule has 4 aromatic rings. The quantitative estimate of drug-likeness (QED) is 0.252. The van der Waals surface area contributed by atoms with E-state index in [9.17, 15) is 4.79 Å². The van der Waals surface area contributed by atoms with Gasteiger partial charge in [0.2, 0.25) is 0 Å². The number of hydrogen-bond donors (Lipinski definition) is 1. The second-order valence-electron chi connectivity index (χ2n) is 11.7. The zero-order valence-electron chi connectivity index (χ0n) is 23.3. The predicted molar refractivity (Wildman–Crippen MR) is 155 cm³/mol. The maximum absolute atomic E-state index is 15.3. The smallest absolute Gasteiger partial charge is 0.257 e. The van der Waals surface area contributed by atoms with Crippen molar-refractivity contribution in [3.8, 4) is 11.8 Å². The van der Waals surface area contributed by atoms with Gasteiger partial charge in [-0.25, -0.2) is 9.37 Å². The van der Waals surface area contributed by atoms with Crippen LogP contribution in [0.3, 0.4) is 0 Å². The van der Waals surface area contributed by atoms with E-state index in [0.717, 1.165) is 29.5 Å². The highest BCUT2D eigenvalue weighted by atomic mass is 28.4. The Morgan fingerprint density at radius 1 is 1.21 bits per heavy atom. The lowest BCUT2D eigenvalue weighted by atomic mass is 10.1. The van der Waals surface area contributed by atoms with Gasteiger partial charge < -0.3 is 15.1 Å². The molecule has 2 aromatic heterocycles. The van der Waals surface area contributed by atoms with Crippen LogP contribution in [0.2, 0.25) is 19.6 Å². The van der Waals surface area contributed by atoms with Crippen molar-refractivity contribution in [3.05, 3.63) is 65.1 Å². The minimum atomic E-state index is -1.72. The molecule has 0 saturated heterocycles. The number of carbonyl (C=O) groups is 1. The van der Waals surface area contributed by atoms with E-state index >= 15 is 4.39 Å². The van der Waals surface area contributed by atoms with E-state index in [4.69, 9.17) is 10.2 Å². The summed E-state index contributed by atoms with van der Waals surface area (Å²) in [6.45, 7) is 10.8. The molecule has 0 bridgehead atoms. The topological polar surface area (TPSA) is 86.3 Å². The molecule has 1 saturated carbocycles. The van der Waals surface area contributed by atoms with Gasteiger partial charge in [0.05, 0.1) is 28.2 Å². The molecule has 0 radical (unpaired) electrons. The van der Waals surface area contributed by atoms with Gasteiger partial charge in [0.1, 0.15) is 17.2 Å². The minimum absolute atomic E-state index is 0.0237.